The quantitative estimate of drug-likeness (QED) is 0.504. The fraction of sp³-hybridized carbons (Fsp3) is 0.636. The molecule has 0 aliphatic carbocycles. The molecule has 102 valence electrons. The zero-order valence-corrected chi connectivity index (χ0v) is 11.9. The molecule has 0 spiro atoms. The maximum atomic E-state index is 11.1. The number of rotatable bonds is 7. The summed E-state index contributed by atoms with van der Waals surface area (Å²) in [5.74, 6) is 7.53. The van der Waals surface area contributed by atoms with Crippen molar-refractivity contribution in [3.63, 3.8) is 0 Å². The normalized spacial score (nSPS) is 14.0. The minimum absolute atomic E-state index is 0.208. The summed E-state index contributed by atoms with van der Waals surface area (Å²) >= 11 is 0. The molecule has 18 heavy (non-hydrogen) atoms. The second-order valence-electron chi connectivity index (χ2n) is 4.16. The number of hydrogen-bond acceptors (Lipinski definition) is 6. The van der Waals surface area contributed by atoms with Crippen molar-refractivity contribution in [3.8, 4) is 0 Å². The lowest BCUT2D eigenvalue weighted by Crippen LogP contribution is -2.21. The molecule has 0 aliphatic rings. The fourth-order valence-electron chi connectivity index (χ4n) is 1.64. The van der Waals surface area contributed by atoms with Gasteiger partial charge in [-0.2, -0.15) is 0 Å². The van der Waals surface area contributed by atoms with Gasteiger partial charge in [0.15, 0.2) is 0 Å². The number of nitrogens with zero attached hydrogens (tertiary/aromatic N) is 2. The molecule has 2 atom stereocenters. The highest BCUT2D eigenvalue weighted by Gasteiger charge is 2.11. The highest BCUT2D eigenvalue weighted by molar-refractivity contribution is 7.84. The maximum Gasteiger partial charge on any atom is 0.148 e. The van der Waals surface area contributed by atoms with Crippen molar-refractivity contribution >= 4 is 22.4 Å². The Kier molecular flexibility index (Phi) is 6.00. The Morgan fingerprint density at radius 2 is 2.11 bits per heavy atom. The lowest BCUT2D eigenvalue weighted by molar-refractivity contribution is 0.678. The number of aromatic nitrogens is 2. The molecule has 0 aliphatic heterocycles. The topological polar surface area (TPSA) is 92.9 Å². The van der Waals surface area contributed by atoms with E-state index < -0.39 is 10.8 Å². The molecule has 6 nitrogen and oxygen atoms in total. The summed E-state index contributed by atoms with van der Waals surface area (Å²) in [7, 11) is -0.762. The van der Waals surface area contributed by atoms with Crippen LogP contribution >= 0.6 is 0 Å². The maximum absolute atomic E-state index is 11.1. The van der Waals surface area contributed by atoms with Gasteiger partial charge in [0.05, 0.1) is 0 Å². The largest absolute Gasteiger partial charge is 0.367 e. The molecule has 4 N–H and O–H groups in total. The van der Waals surface area contributed by atoms with Crippen LogP contribution in [0.2, 0.25) is 0 Å². The van der Waals surface area contributed by atoms with Crippen molar-refractivity contribution in [2.45, 2.75) is 32.7 Å². The minimum Gasteiger partial charge on any atom is -0.367 e. The van der Waals surface area contributed by atoms with Crippen LogP contribution in [0.15, 0.2) is 6.33 Å². The molecule has 1 aromatic rings. The van der Waals surface area contributed by atoms with Crippen LogP contribution in [-0.4, -0.2) is 32.2 Å². The molecule has 0 saturated heterocycles. The van der Waals surface area contributed by atoms with Crippen LogP contribution in [0.3, 0.4) is 0 Å². The van der Waals surface area contributed by atoms with Gasteiger partial charge in [-0.3, -0.25) is 4.21 Å². The van der Waals surface area contributed by atoms with E-state index in [1.54, 1.807) is 6.26 Å². The van der Waals surface area contributed by atoms with E-state index in [4.69, 9.17) is 5.84 Å². The second kappa shape index (κ2) is 7.27. The summed E-state index contributed by atoms with van der Waals surface area (Å²) in [6, 6.07) is 0.208. The standard InChI is InChI=1S/C11H21N5OS/c1-4-9-10(13-7-14-11(9)16-12)15-8(2)5-6-18(3)17/h7-8H,4-6,12H2,1-3H3,(H2,13,14,15,16). The first kappa shape index (κ1) is 14.8. The average Bonchev–Trinajstić information content (AvgIpc) is 2.36. The van der Waals surface area contributed by atoms with Gasteiger partial charge in [-0.25, -0.2) is 15.8 Å². The molecule has 0 fully saturated rings. The van der Waals surface area contributed by atoms with Gasteiger partial charge in [0.25, 0.3) is 0 Å². The Morgan fingerprint density at radius 1 is 1.44 bits per heavy atom. The summed E-state index contributed by atoms with van der Waals surface area (Å²) in [4.78, 5) is 8.31. The van der Waals surface area contributed by atoms with Crippen molar-refractivity contribution in [1.82, 2.24) is 9.97 Å². The van der Waals surface area contributed by atoms with Gasteiger partial charge < -0.3 is 10.7 Å². The third-order valence-corrected chi connectivity index (χ3v) is 3.47. The summed E-state index contributed by atoms with van der Waals surface area (Å²) in [5, 5.41) is 3.31. The van der Waals surface area contributed by atoms with Gasteiger partial charge in [-0.1, -0.05) is 6.92 Å². The number of nitrogen functional groups attached to an aromatic ring is 1. The lowest BCUT2D eigenvalue weighted by Gasteiger charge is -2.17. The molecule has 0 aromatic carbocycles. The zero-order valence-electron chi connectivity index (χ0n) is 11.1. The summed E-state index contributed by atoms with van der Waals surface area (Å²) in [5.41, 5.74) is 3.53. The third kappa shape index (κ3) is 4.23. The van der Waals surface area contributed by atoms with Crippen LogP contribution in [0.4, 0.5) is 11.6 Å². The van der Waals surface area contributed by atoms with E-state index in [0.717, 1.165) is 24.2 Å². The first-order valence-electron chi connectivity index (χ1n) is 5.95. The summed E-state index contributed by atoms with van der Waals surface area (Å²) in [6.45, 7) is 4.07. The fourth-order valence-corrected chi connectivity index (χ4v) is 2.33. The van der Waals surface area contributed by atoms with E-state index in [9.17, 15) is 4.21 Å². The number of hydrazine groups is 1. The van der Waals surface area contributed by atoms with Crippen molar-refractivity contribution < 1.29 is 4.21 Å². The van der Waals surface area contributed by atoms with E-state index in [0.29, 0.717) is 11.6 Å². The van der Waals surface area contributed by atoms with Crippen LogP contribution in [0.1, 0.15) is 25.8 Å². The number of hydrogen-bond donors (Lipinski definition) is 3. The molecular weight excluding hydrogens is 250 g/mol. The zero-order chi connectivity index (χ0) is 13.5. The Labute approximate surface area is 110 Å². The number of anilines is 2. The van der Waals surface area contributed by atoms with Crippen molar-refractivity contribution in [2.24, 2.45) is 5.84 Å². The van der Waals surface area contributed by atoms with Gasteiger partial charge in [0.1, 0.15) is 18.0 Å². The predicted octanol–water partition coefficient (Wildman–Crippen LogP) is 0.894. The molecule has 2 unspecified atom stereocenters. The molecule has 1 heterocycles. The summed E-state index contributed by atoms with van der Waals surface area (Å²) in [6.07, 6.45) is 4.81. The number of nitrogens with two attached hydrogens (primary N) is 1. The van der Waals surface area contributed by atoms with Crippen LogP contribution in [0.5, 0.6) is 0 Å². The Bertz CT molecular complexity index is 412. The van der Waals surface area contributed by atoms with Gasteiger partial charge in [0.2, 0.25) is 0 Å². The molecule has 0 amide bonds. The average molecular weight is 271 g/mol. The molecule has 1 aromatic heterocycles. The van der Waals surface area contributed by atoms with E-state index in [1.807, 2.05) is 13.8 Å². The Morgan fingerprint density at radius 3 is 2.67 bits per heavy atom. The third-order valence-electron chi connectivity index (χ3n) is 2.66. The van der Waals surface area contributed by atoms with E-state index in [2.05, 4.69) is 20.7 Å². The molecule has 0 bridgehead atoms. The highest BCUT2D eigenvalue weighted by atomic mass is 32.2. The first-order valence-corrected chi connectivity index (χ1v) is 7.68. The molecular formula is C11H21N5OS. The highest BCUT2D eigenvalue weighted by Crippen LogP contribution is 2.20. The van der Waals surface area contributed by atoms with Crippen LogP contribution in [0.25, 0.3) is 0 Å². The smallest absolute Gasteiger partial charge is 0.148 e. The van der Waals surface area contributed by atoms with Crippen LogP contribution < -0.4 is 16.6 Å². The van der Waals surface area contributed by atoms with Gasteiger partial charge in [-0.05, 0) is 19.8 Å². The molecule has 1 rings (SSSR count). The minimum atomic E-state index is -0.762. The first-order chi connectivity index (χ1) is 8.58. The van der Waals surface area contributed by atoms with Crippen molar-refractivity contribution in [1.29, 1.82) is 0 Å². The van der Waals surface area contributed by atoms with E-state index in [-0.39, 0.29) is 6.04 Å². The molecule has 0 saturated carbocycles. The Balaban J connectivity index is 2.74. The predicted molar refractivity (Wildman–Crippen MR) is 75.9 cm³/mol. The molecule has 7 heteroatoms. The van der Waals surface area contributed by atoms with Gasteiger partial charge >= 0.3 is 0 Å². The van der Waals surface area contributed by atoms with E-state index in [1.165, 1.54) is 6.33 Å². The van der Waals surface area contributed by atoms with Crippen molar-refractivity contribution in [3.05, 3.63) is 11.9 Å². The van der Waals surface area contributed by atoms with Gasteiger partial charge in [-0.15, -0.1) is 0 Å². The van der Waals surface area contributed by atoms with Gasteiger partial charge in [0, 0.05) is 34.4 Å². The van der Waals surface area contributed by atoms with Crippen LogP contribution in [0, 0.1) is 0 Å². The van der Waals surface area contributed by atoms with Crippen LogP contribution in [-0.2, 0) is 17.2 Å². The second-order valence-corrected chi connectivity index (χ2v) is 5.71. The number of nitrogens with one attached hydrogen (secondary N) is 2. The van der Waals surface area contributed by atoms with Crippen molar-refractivity contribution in [2.75, 3.05) is 22.8 Å². The molecule has 0 radical (unpaired) electrons. The SMILES string of the molecule is CCc1c(NN)ncnc1NC(C)CCS(C)=O. The lowest BCUT2D eigenvalue weighted by atomic mass is 10.2. The monoisotopic (exact) mass is 271 g/mol. The summed E-state index contributed by atoms with van der Waals surface area (Å²) < 4.78 is 11.1. The Hall–Kier alpha value is -1.21. The van der Waals surface area contributed by atoms with E-state index >= 15 is 0 Å².